The minimum atomic E-state index is -0.464. The molecule has 98 valence electrons. The Morgan fingerprint density at radius 3 is 2.33 bits per heavy atom. The highest BCUT2D eigenvalue weighted by molar-refractivity contribution is 5.27. The Labute approximate surface area is 108 Å². The van der Waals surface area contributed by atoms with Gasteiger partial charge < -0.3 is 14.8 Å². The Morgan fingerprint density at radius 2 is 1.67 bits per heavy atom. The molecule has 0 aliphatic carbocycles. The molecule has 3 nitrogen and oxygen atoms in total. The van der Waals surface area contributed by atoms with E-state index in [1.807, 2.05) is 13.8 Å². The van der Waals surface area contributed by atoms with E-state index in [1.165, 1.54) is 11.1 Å². The number of aryl methyl sites for hydroxylation is 1. The molecule has 3 rings (SSSR count). The van der Waals surface area contributed by atoms with E-state index in [1.54, 1.807) is 0 Å². The maximum absolute atomic E-state index is 6.06. The van der Waals surface area contributed by atoms with E-state index in [0.717, 1.165) is 0 Å². The number of benzene rings is 1. The fraction of sp³-hybridized carbons (Fsp3) is 0.600. The van der Waals surface area contributed by atoms with E-state index in [-0.39, 0.29) is 18.2 Å². The van der Waals surface area contributed by atoms with Crippen LogP contribution in [0.4, 0.5) is 0 Å². The molecule has 0 radical (unpaired) electrons. The van der Waals surface area contributed by atoms with E-state index < -0.39 is 5.79 Å². The molecule has 4 atom stereocenters. The van der Waals surface area contributed by atoms with E-state index in [9.17, 15) is 0 Å². The Balaban J connectivity index is 1.88. The average molecular weight is 247 g/mol. The van der Waals surface area contributed by atoms with Crippen LogP contribution in [0.25, 0.3) is 0 Å². The van der Waals surface area contributed by atoms with Gasteiger partial charge in [-0.2, -0.15) is 0 Å². The van der Waals surface area contributed by atoms with Crippen LogP contribution in [-0.4, -0.2) is 24.0 Å². The molecule has 0 aromatic heterocycles. The lowest BCUT2D eigenvalue weighted by Crippen LogP contribution is -2.33. The summed E-state index contributed by atoms with van der Waals surface area (Å²) in [7, 11) is 0. The number of hydrogen-bond donors (Lipinski definition) is 1. The van der Waals surface area contributed by atoms with Gasteiger partial charge in [0.2, 0.25) is 0 Å². The van der Waals surface area contributed by atoms with Crippen LogP contribution in [-0.2, 0) is 9.47 Å². The van der Waals surface area contributed by atoms with Gasteiger partial charge in [-0.25, -0.2) is 0 Å². The summed E-state index contributed by atoms with van der Waals surface area (Å²) in [6.45, 7) is 8.25. The van der Waals surface area contributed by atoms with Crippen molar-refractivity contribution in [2.24, 2.45) is 0 Å². The highest BCUT2D eigenvalue weighted by Gasteiger charge is 2.52. The molecule has 0 saturated carbocycles. The highest BCUT2D eigenvalue weighted by atomic mass is 16.8. The summed E-state index contributed by atoms with van der Waals surface area (Å²) in [6.07, 6.45) is 0.254. The zero-order valence-corrected chi connectivity index (χ0v) is 11.4. The van der Waals surface area contributed by atoms with Crippen LogP contribution in [0.5, 0.6) is 0 Å². The first-order valence-corrected chi connectivity index (χ1v) is 6.64. The number of rotatable bonds is 1. The quantitative estimate of drug-likeness (QED) is 0.827. The van der Waals surface area contributed by atoms with Crippen LogP contribution >= 0.6 is 0 Å². The van der Waals surface area contributed by atoms with Crippen molar-refractivity contribution in [3.05, 3.63) is 35.4 Å². The molecule has 0 amide bonds. The molecule has 0 bridgehead atoms. The Morgan fingerprint density at radius 1 is 1.06 bits per heavy atom. The van der Waals surface area contributed by atoms with Crippen LogP contribution < -0.4 is 5.32 Å². The summed E-state index contributed by atoms with van der Waals surface area (Å²) < 4.78 is 12.0. The van der Waals surface area contributed by atoms with Gasteiger partial charge in [0.1, 0.15) is 12.2 Å². The molecule has 2 saturated heterocycles. The van der Waals surface area contributed by atoms with Crippen molar-refractivity contribution in [2.45, 2.75) is 57.8 Å². The lowest BCUT2D eigenvalue weighted by atomic mass is 10.0. The van der Waals surface area contributed by atoms with Crippen molar-refractivity contribution in [1.82, 2.24) is 5.32 Å². The minimum absolute atomic E-state index is 0.109. The maximum atomic E-state index is 6.06. The molecule has 0 unspecified atom stereocenters. The number of nitrogens with one attached hydrogen (secondary N) is 1. The summed E-state index contributed by atoms with van der Waals surface area (Å²) >= 11 is 0. The van der Waals surface area contributed by atoms with Crippen molar-refractivity contribution in [3.8, 4) is 0 Å². The molecule has 2 aliphatic heterocycles. The van der Waals surface area contributed by atoms with Crippen molar-refractivity contribution >= 4 is 0 Å². The normalized spacial score (nSPS) is 37.8. The third-order valence-corrected chi connectivity index (χ3v) is 3.86. The van der Waals surface area contributed by atoms with Crippen LogP contribution in [0.3, 0.4) is 0 Å². The molecular weight excluding hydrogens is 226 g/mol. The number of ether oxygens (including phenoxy) is 2. The second kappa shape index (κ2) is 4.05. The first kappa shape index (κ1) is 12.2. The monoisotopic (exact) mass is 247 g/mol. The van der Waals surface area contributed by atoms with Crippen molar-refractivity contribution in [3.63, 3.8) is 0 Å². The largest absolute Gasteiger partial charge is 0.343 e. The molecule has 18 heavy (non-hydrogen) atoms. The second-order valence-corrected chi connectivity index (χ2v) is 5.91. The summed E-state index contributed by atoms with van der Waals surface area (Å²) in [4.78, 5) is 0. The summed E-state index contributed by atoms with van der Waals surface area (Å²) in [5, 5.41) is 3.58. The van der Waals surface area contributed by atoms with E-state index in [4.69, 9.17) is 9.47 Å². The molecule has 1 aromatic carbocycles. The van der Waals surface area contributed by atoms with Crippen LogP contribution in [0, 0.1) is 6.92 Å². The highest BCUT2D eigenvalue weighted by Crippen LogP contribution is 2.41. The van der Waals surface area contributed by atoms with Crippen molar-refractivity contribution < 1.29 is 9.47 Å². The maximum Gasteiger partial charge on any atom is 0.163 e. The molecule has 2 fully saturated rings. The smallest absolute Gasteiger partial charge is 0.163 e. The van der Waals surface area contributed by atoms with E-state index in [2.05, 4.69) is 43.4 Å². The Bertz CT molecular complexity index is 440. The third-order valence-electron chi connectivity index (χ3n) is 3.86. The van der Waals surface area contributed by atoms with Crippen molar-refractivity contribution in [1.29, 1.82) is 0 Å². The van der Waals surface area contributed by atoms with E-state index in [0.29, 0.717) is 6.04 Å². The summed E-state index contributed by atoms with van der Waals surface area (Å²) in [6, 6.07) is 9.20. The van der Waals surface area contributed by atoms with Gasteiger partial charge in [-0.3, -0.25) is 0 Å². The summed E-state index contributed by atoms with van der Waals surface area (Å²) in [5.41, 5.74) is 2.56. The fourth-order valence-electron chi connectivity index (χ4n) is 2.99. The van der Waals surface area contributed by atoms with Gasteiger partial charge in [-0.1, -0.05) is 29.8 Å². The zero-order valence-electron chi connectivity index (χ0n) is 11.4. The van der Waals surface area contributed by atoms with E-state index >= 15 is 0 Å². The average Bonchev–Trinajstić information content (AvgIpc) is 2.76. The first-order valence-electron chi connectivity index (χ1n) is 6.64. The molecule has 0 spiro atoms. The van der Waals surface area contributed by atoms with Crippen LogP contribution in [0.2, 0.25) is 0 Å². The Hall–Kier alpha value is -0.900. The predicted octanol–water partition coefficient (Wildman–Crippen LogP) is 2.55. The van der Waals surface area contributed by atoms with Gasteiger partial charge in [0.25, 0.3) is 0 Å². The van der Waals surface area contributed by atoms with Crippen molar-refractivity contribution in [2.75, 3.05) is 0 Å². The van der Waals surface area contributed by atoms with Gasteiger partial charge in [-0.15, -0.1) is 0 Å². The fourth-order valence-corrected chi connectivity index (χ4v) is 2.99. The van der Waals surface area contributed by atoms with Gasteiger partial charge in [0.05, 0.1) is 6.04 Å². The summed E-state index contributed by atoms with van der Waals surface area (Å²) in [5.74, 6) is -0.464. The van der Waals surface area contributed by atoms with Gasteiger partial charge in [0, 0.05) is 6.04 Å². The zero-order chi connectivity index (χ0) is 12.9. The standard InChI is InChI=1S/C15H21NO2/c1-9-5-7-11(8-6-9)12-14-13(10(2)16-12)17-15(3,4)18-14/h5-8,10,12-14,16H,1-4H3/t10-,12-,13+,14-/m0/s1. The minimum Gasteiger partial charge on any atom is -0.343 e. The molecule has 3 heteroatoms. The lowest BCUT2D eigenvalue weighted by Gasteiger charge is -2.23. The lowest BCUT2D eigenvalue weighted by molar-refractivity contribution is -0.156. The molecule has 2 heterocycles. The first-order chi connectivity index (χ1) is 8.46. The molecule has 1 aromatic rings. The van der Waals surface area contributed by atoms with Gasteiger partial charge in [-0.05, 0) is 33.3 Å². The molecule has 1 N–H and O–H groups in total. The third kappa shape index (κ3) is 1.96. The topological polar surface area (TPSA) is 30.5 Å². The van der Waals surface area contributed by atoms with Crippen LogP contribution in [0.15, 0.2) is 24.3 Å². The van der Waals surface area contributed by atoms with Gasteiger partial charge in [0.15, 0.2) is 5.79 Å². The predicted molar refractivity (Wildman–Crippen MR) is 70.3 cm³/mol. The van der Waals surface area contributed by atoms with Crippen LogP contribution in [0.1, 0.15) is 37.9 Å². The Kier molecular flexibility index (Phi) is 2.73. The molecule has 2 aliphatic rings. The SMILES string of the molecule is Cc1ccc([C@@H]2N[C@@H](C)[C@H]3OC(C)(C)O[C@H]32)cc1. The second-order valence-electron chi connectivity index (χ2n) is 5.91. The molecular formula is C15H21NO2. The number of hydrogen-bond acceptors (Lipinski definition) is 3. The van der Waals surface area contributed by atoms with Gasteiger partial charge >= 0.3 is 0 Å². The number of fused-ring (bicyclic) bond motifs is 1.